The van der Waals surface area contributed by atoms with Gasteiger partial charge >= 0.3 is 0 Å². The van der Waals surface area contributed by atoms with Crippen LogP contribution in [0.25, 0.3) is 0 Å². The fraction of sp³-hybridized carbons (Fsp3) is 0.792. The molecule has 3 fully saturated rings. The Hall–Kier alpha value is -1.33. The number of hydrogen-bond donors (Lipinski definition) is 2. The fourth-order valence-electron chi connectivity index (χ4n) is 7.86. The second kappa shape index (κ2) is 6.58. The molecule has 0 bridgehead atoms. The van der Waals surface area contributed by atoms with Crippen LogP contribution < -0.4 is 0 Å². The molecule has 0 amide bonds. The van der Waals surface area contributed by atoms with Crippen LogP contribution in [0.4, 0.5) is 0 Å². The van der Waals surface area contributed by atoms with Gasteiger partial charge in [-0.2, -0.15) is 0 Å². The molecule has 4 rings (SSSR count). The number of allylic oxidation sites excluding steroid dienone is 1. The van der Waals surface area contributed by atoms with Crippen LogP contribution in [0.3, 0.4) is 0 Å². The third-order valence-electron chi connectivity index (χ3n) is 9.23. The van der Waals surface area contributed by atoms with Gasteiger partial charge in [0.2, 0.25) is 0 Å². The molecule has 0 heterocycles. The summed E-state index contributed by atoms with van der Waals surface area (Å²) in [5, 5.41) is 22.8. The zero-order chi connectivity index (χ0) is 21.4. The molecule has 0 aromatic carbocycles. The second-order valence-electron chi connectivity index (χ2n) is 10.8. The molecular formula is C24H34O5. The number of rotatable bonds is 3. The monoisotopic (exact) mass is 402 g/mol. The molecule has 4 aliphatic carbocycles. The molecule has 8 atom stereocenters. The van der Waals surface area contributed by atoms with Crippen molar-refractivity contribution < 1.29 is 24.6 Å². The van der Waals surface area contributed by atoms with Crippen LogP contribution in [0.5, 0.6) is 0 Å². The van der Waals surface area contributed by atoms with Crippen molar-refractivity contribution in [1.82, 2.24) is 0 Å². The summed E-state index contributed by atoms with van der Waals surface area (Å²) in [7, 11) is 0. The molecule has 29 heavy (non-hydrogen) atoms. The van der Waals surface area contributed by atoms with Gasteiger partial charge in [-0.1, -0.05) is 26.3 Å². The van der Waals surface area contributed by atoms with E-state index in [0.717, 1.165) is 25.7 Å². The molecule has 0 saturated heterocycles. The van der Waals surface area contributed by atoms with E-state index in [4.69, 9.17) is 0 Å². The van der Waals surface area contributed by atoms with Crippen LogP contribution in [0.2, 0.25) is 0 Å². The molecule has 5 nitrogen and oxygen atoms in total. The lowest BCUT2D eigenvalue weighted by Crippen LogP contribution is -2.62. The van der Waals surface area contributed by atoms with E-state index in [9.17, 15) is 24.6 Å². The first-order valence-electron chi connectivity index (χ1n) is 11.1. The number of carbonyl (C=O) groups is 3. The maximum atomic E-state index is 12.9. The first-order valence-corrected chi connectivity index (χ1v) is 11.1. The molecule has 0 spiro atoms. The van der Waals surface area contributed by atoms with Gasteiger partial charge in [-0.05, 0) is 74.7 Å². The van der Waals surface area contributed by atoms with Crippen molar-refractivity contribution in [1.29, 1.82) is 0 Å². The topological polar surface area (TPSA) is 91.7 Å². The number of fused-ring (bicyclic) bond motifs is 5. The van der Waals surface area contributed by atoms with E-state index >= 15 is 0 Å². The minimum Gasteiger partial charge on any atom is -0.393 e. The molecule has 0 aromatic rings. The zero-order valence-corrected chi connectivity index (χ0v) is 18.0. The molecule has 3 saturated carbocycles. The summed E-state index contributed by atoms with van der Waals surface area (Å²) in [5.74, 6) is -0.0718. The second-order valence-corrected chi connectivity index (χ2v) is 10.8. The number of carbonyl (C=O) groups excluding carboxylic acids is 3. The maximum Gasteiger partial charge on any atom is 0.172 e. The predicted octanol–water partition coefficient (Wildman–Crippen LogP) is 3.01. The quantitative estimate of drug-likeness (QED) is 0.708. The molecule has 0 radical (unpaired) electrons. The van der Waals surface area contributed by atoms with Crippen LogP contribution in [0, 0.1) is 34.5 Å². The van der Waals surface area contributed by atoms with Crippen LogP contribution in [0.15, 0.2) is 11.6 Å². The molecule has 160 valence electrons. The largest absolute Gasteiger partial charge is 0.393 e. The van der Waals surface area contributed by atoms with E-state index in [2.05, 4.69) is 6.92 Å². The van der Waals surface area contributed by atoms with Gasteiger partial charge in [-0.25, -0.2) is 0 Å². The summed E-state index contributed by atoms with van der Waals surface area (Å²) in [6, 6.07) is 0. The van der Waals surface area contributed by atoms with E-state index < -0.39 is 17.1 Å². The summed E-state index contributed by atoms with van der Waals surface area (Å²) in [5.41, 5.74) is -1.29. The molecule has 5 heteroatoms. The Labute approximate surface area is 172 Å². The van der Waals surface area contributed by atoms with Crippen molar-refractivity contribution in [2.24, 2.45) is 34.5 Å². The van der Waals surface area contributed by atoms with Crippen LogP contribution in [-0.2, 0) is 14.4 Å². The Morgan fingerprint density at radius 2 is 1.90 bits per heavy atom. The standard InChI is InChI=1S/C24H34O5/c1-13-11-22(3)15(10-18(13)26)5-6-16-17-7-8-24(29,20(28)9-14(2)25)23(17,4)12-19(27)21(16)22/h10,13,16-17,19,21,27,29H,5-9,11-12H2,1-4H3/t13-,16+,17+,19+,21-,22+,23+,24+/m1/s1. The predicted molar refractivity (Wildman–Crippen MR) is 108 cm³/mol. The van der Waals surface area contributed by atoms with Gasteiger partial charge in [-0.15, -0.1) is 0 Å². The van der Waals surface area contributed by atoms with Gasteiger partial charge in [0.05, 0.1) is 12.5 Å². The number of hydrogen-bond acceptors (Lipinski definition) is 5. The third-order valence-corrected chi connectivity index (χ3v) is 9.23. The normalized spacial score (nSPS) is 49.0. The Kier molecular flexibility index (Phi) is 4.75. The van der Waals surface area contributed by atoms with Gasteiger partial charge in [0.15, 0.2) is 11.6 Å². The van der Waals surface area contributed by atoms with E-state index in [-0.39, 0.29) is 52.9 Å². The van der Waals surface area contributed by atoms with Crippen molar-refractivity contribution in [3.05, 3.63) is 11.6 Å². The molecule has 2 N–H and O–H groups in total. The number of aliphatic hydroxyl groups is 2. The summed E-state index contributed by atoms with van der Waals surface area (Å²) in [6.45, 7) is 7.50. The Morgan fingerprint density at radius 3 is 2.55 bits per heavy atom. The van der Waals surface area contributed by atoms with E-state index in [0.29, 0.717) is 12.8 Å². The van der Waals surface area contributed by atoms with Gasteiger partial charge in [0, 0.05) is 11.3 Å². The van der Waals surface area contributed by atoms with Gasteiger partial charge < -0.3 is 10.2 Å². The lowest BCUT2D eigenvalue weighted by molar-refractivity contribution is -0.181. The van der Waals surface area contributed by atoms with E-state index in [1.807, 2.05) is 19.9 Å². The van der Waals surface area contributed by atoms with E-state index in [1.54, 1.807) is 0 Å². The molecule has 0 unspecified atom stereocenters. The summed E-state index contributed by atoms with van der Waals surface area (Å²) in [6.07, 6.45) is 4.90. The average molecular weight is 403 g/mol. The summed E-state index contributed by atoms with van der Waals surface area (Å²) in [4.78, 5) is 36.7. The maximum absolute atomic E-state index is 12.9. The smallest absolute Gasteiger partial charge is 0.172 e. The average Bonchev–Trinajstić information content (AvgIpc) is 2.87. The lowest BCUT2D eigenvalue weighted by atomic mass is 9.45. The molecular weight excluding hydrogens is 368 g/mol. The number of Topliss-reactive ketones (excluding diaryl/α,β-unsaturated/α-hetero) is 2. The van der Waals surface area contributed by atoms with Crippen molar-refractivity contribution in [2.45, 2.75) is 84.3 Å². The lowest BCUT2D eigenvalue weighted by Gasteiger charge is -2.61. The van der Waals surface area contributed by atoms with E-state index in [1.165, 1.54) is 12.5 Å². The van der Waals surface area contributed by atoms with Crippen LogP contribution >= 0.6 is 0 Å². The highest BCUT2D eigenvalue weighted by atomic mass is 16.3. The fourth-order valence-corrected chi connectivity index (χ4v) is 7.86. The number of aliphatic hydroxyl groups excluding tert-OH is 1. The van der Waals surface area contributed by atoms with Gasteiger partial charge in [0.25, 0.3) is 0 Å². The Bertz CT molecular complexity index is 799. The van der Waals surface area contributed by atoms with Crippen molar-refractivity contribution >= 4 is 17.3 Å². The Morgan fingerprint density at radius 1 is 1.21 bits per heavy atom. The minimum absolute atomic E-state index is 0.0411. The van der Waals surface area contributed by atoms with Gasteiger partial charge in [0.1, 0.15) is 11.4 Å². The highest BCUT2D eigenvalue weighted by molar-refractivity contribution is 6.02. The molecule has 0 aromatic heterocycles. The summed E-state index contributed by atoms with van der Waals surface area (Å²) >= 11 is 0. The minimum atomic E-state index is -1.54. The number of ketones is 3. The highest BCUT2D eigenvalue weighted by Crippen LogP contribution is 2.67. The summed E-state index contributed by atoms with van der Waals surface area (Å²) < 4.78 is 0. The highest BCUT2D eigenvalue weighted by Gasteiger charge is 2.68. The molecule has 4 aliphatic rings. The van der Waals surface area contributed by atoms with Crippen molar-refractivity contribution in [3.8, 4) is 0 Å². The van der Waals surface area contributed by atoms with Gasteiger partial charge in [-0.3, -0.25) is 14.4 Å². The molecule has 0 aliphatic heterocycles. The first kappa shape index (κ1) is 20.9. The first-order chi connectivity index (χ1) is 13.4. The Balaban J connectivity index is 1.71. The van der Waals surface area contributed by atoms with Crippen LogP contribution in [-0.4, -0.2) is 39.3 Å². The SMILES string of the molecule is CC(=O)CC(=O)[C@@]1(O)CC[C@H]2[C@@H]3CCC4=CC(=O)[C@H](C)C[C@]4(C)[C@H]3[C@@H](O)C[C@@]21C. The third kappa shape index (κ3) is 2.76. The zero-order valence-electron chi connectivity index (χ0n) is 18.0. The van der Waals surface area contributed by atoms with Crippen molar-refractivity contribution in [2.75, 3.05) is 0 Å². The van der Waals surface area contributed by atoms with Crippen LogP contribution in [0.1, 0.15) is 72.6 Å². The van der Waals surface area contributed by atoms with Crippen molar-refractivity contribution in [3.63, 3.8) is 0 Å².